The quantitative estimate of drug-likeness (QED) is 0.340. The molecule has 6 nitrogen and oxygen atoms in total. The third-order valence-electron chi connectivity index (χ3n) is 8.65. The van der Waals surface area contributed by atoms with Crippen molar-refractivity contribution in [3.8, 4) is 0 Å². The number of aliphatic carboxylic acids is 1. The van der Waals surface area contributed by atoms with Crippen molar-refractivity contribution < 1.29 is 19.4 Å². The maximum Gasteiger partial charge on any atom is 0.318 e. The van der Waals surface area contributed by atoms with Crippen LogP contribution in [0.3, 0.4) is 0 Å². The molecule has 4 N–H and O–H groups in total. The van der Waals surface area contributed by atoms with Gasteiger partial charge >= 0.3 is 5.97 Å². The first-order chi connectivity index (χ1) is 18.3. The van der Waals surface area contributed by atoms with Crippen LogP contribution in [0.2, 0.25) is 0 Å². The van der Waals surface area contributed by atoms with E-state index >= 15 is 0 Å². The van der Waals surface area contributed by atoms with Crippen LogP contribution in [-0.4, -0.2) is 42.8 Å². The molecule has 0 spiro atoms. The number of amides is 1. The minimum absolute atomic E-state index is 0.0730. The summed E-state index contributed by atoms with van der Waals surface area (Å²) >= 11 is 0. The first-order valence-electron chi connectivity index (χ1n) is 13.4. The fourth-order valence-electron chi connectivity index (χ4n) is 6.52. The number of carboxylic acids is 1. The normalized spacial score (nSPS) is 18.5. The van der Waals surface area contributed by atoms with Gasteiger partial charge < -0.3 is 20.9 Å². The summed E-state index contributed by atoms with van der Waals surface area (Å²) in [4.78, 5) is 25.1. The lowest BCUT2D eigenvalue weighted by Crippen LogP contribution is -2.59. The number of hydrogen-bond donors (Lipinski definition) is 3. The van der Waals surface area contributed by atoms with Crippen LogP contribution >= 0.6 is 0 Å². The SMILES string of the molecule is CCC1(CC)c2cc(C(N)=O)ccc2CC(OC)C1NCCC(C(=O)O)(c1ccccc1)c1ccccc1. The third-order valence-corrected chi connectivity index (χ3v) is 8.65. The molecule has 1 amide bonds. The van der Waals surface area contributed by atoms with E-state index in [-0.39, 0.29) is 17.6 Å². The van der Waals surface area contributed by atoms with Gasteiger partial charge in [-0.2, -0.15) is 0 Å². The summed E-state index contributed by atoms with van der Waals surface area (Å²) in [5.41, 5.74) is 8.43. The van der Waals surface area contributed by atoms with E-state index in [9.17, 15) is 14.7 Å². The van der Waals surface area contributed by atoms with Crippen LogP contribution in [0.5, 0.6) is 0 Å². The predicted molar refractivity (Wildman–Crippen MR) is 149 cm³/mol. The van der Waals surface area contributed by atoms with Gasteiger partial charge in [0, 0.05) is 30.6 Å². The first-order valence-corrected chi connectivity index (χ1v) is 13.4. The molecule has 0 aliphatic heterocycles. The zero-order valence-corrected chi connectivity index (χ0v) is 22.4. The average Bonchev–Trinajstić information content (AvgIpc) is 2.95. The number of carboxylic acid groups (broad SMARTS) is 1. The van der Waals surface area contributed by atoms with Gasteiger partial charge in [-0.15, -0.1) is 0 Å². The Morgan fingerprint density at radius 2 is 1.58 bits per heavy atom. The molecule has 3 aromatic rings. The van der Waals surface area contributed by atoms with Crippen molar-refractivity contribution in [3.63, 3.8) is 0 Å². The number of primary amides is 1. The number of carbonyl (C=O) groups excluding carboxylic acids is 1. The number of fused-ring (bicyclic) bond motifs is 1. The van der Waals surface area contributed by atoms with Crippen LogP contribution in [0, 0.1) is 0 Å². The van der Waals surface area contributed by atoms with Gasteiger partial charge in [0.2, 0.25) is 5.91 Å². The Balaban J connectivity index is 1.72. The number of ether oxygens (including phenoxy) is 1. The molecule has 2 unspecified atom stereocenters. The highest BCUT2D eigenvalue weighted by Crippen LogP contribution is 2.44. The summed E-state index contributed by atoms with van der Waals surface area (Å²) in [6, 6.07) is 24.6. The van der Waals surface area contributed by atoms with Gasteiger partial charge in [0.25, 0.3) is 0 Å². The summed E-state index contributed by atoms with van der Waals surface area (Å²) in [6.45, 7) is 4.78. The minimum atomic E-state index is -1.20. The molecule has 0 aromatic heterocycles. The monoisotopic (exact) mass is 514 g/mol. The Morgan fingerprint density at radius 3 is 2.05 bits per heavy atom. The van der Waals surface area contributed by atoms with Crippen molar-refractivity contribution in [2.45, 2.75) is 62.5 Å². The second kappa shape index (κ2) is 11.5. The number of rotatable bonds is 11. The summed E-state index contributed by atoms with van der Waals surface area (Å²) < 4.78 is 6.03. The Morgan fingerprint density at radius 1 is 1.00 bits per heavy atom. The van der Waals surface area contributed by atoms with Gasteiger partial charge in [-0.3, -0.25) is 9.59 Å². The molecule has 1 aliphatic rings. The summed E-state index contributed by atoms with van der Waals surface area (Å²) in [5, 5.41) is 14.4. The van der Waals surface area contributed by atoms with Crippen molar-refractivity contribution >= 4 is 11.9 Å². The zero-order valence-electron chi connectivity index (χ0n) is 22.4. The fourth-order valence-corrected chi connectivity index (χ4v) is 6.52. The van der Waals surface area contributed by atoms with Crippen LogP contribution in [0.4, 0.5) is 0 Å². The highest BCUT2D eigenvalue weighted by atomic mass is 16.5. The second-order valence-corrected chi connectivity index (χ2v) is 10.2. The highest BCUT2D eigenvalue weighted by molar-refractivity contribution is 5.93. The molecule has 0 saturated carbocycles. The van der Waals surface area contributed by atoms with Crippen LogP contribution in [-0.2, 0) is 26.8 Å². The standard InChI is InChI=1S/C32H38N2O4/c1-4-31(5-2)26-20-23(29(33)35)17-16-22(26)21-27(38-3)28(31)34-19-18-32(30(36)37,24-12-8-6-9-13-24)25-14-10-7-11-15-25/h6-17,20,27-28,34H,4-5,18-19,21H2,1-3H3,(H2,33,35)(H,36,37). The van der Waals surface area contributed by atoms with Gasteiger partial charge in [0.05, 0.1) is 6.10 Å². The molecular formula is C32H38N2O4. The summed E-state index contributed by atoms with van der Waals surface area (Å²) in [5.74, 6) is -1.32. The van der Waals surface area contributed by atoms with E-state index in [0.717, 1.165) is 35.1 Å². The topological polar surface area (TPSA) is 102 Å². The predicted octanol–water partition coefficient (Wildman–Crippen LogP) is 4.83. The van der Waals surface area contributed by atoms with Gasteiger partial charge in [-0.1, -0.05) is 80.6 Å². The van der Waals surface area contributed by atoms with E-state index in [2.05, 4.69) is 19.2 Å². The molecule has 4 rings (SSSR count). The van der Waals surface area contributed by atoms with E-state index in [0.29, 0.717) is 24.9 Å². The van der Waals surface area contributed by atoms with Crippen LogP contribution in [0.15, 0.2) is 78.9 Å². The Labute approximate surface area is 225 Å². The van der Waals surface area contributed by atoms with Gasteiger partial charge in [0.15, 0.2) is 0 Å². The zero-order chi connectivity index (χ0) is 27.3. The summed E-state index contributed by atoms with van der Waals surface area (Å²) in [7, 11) is 1.73. The highest BCUT2D eigenvalue weighted by Gasteiger charge is 2.48. The van der Waals surface area contributed by atoms with Crippen molar-refractivity contribution in [1.29, 1.82) is 0 Å². The Hall–Kier alpha value is -3.48. The first kappa shape index (κ1) is 27.6. The van der Waals surface area contributed by atoms with Crippen molar-refractivity contribution in [2.24, 2.45) is 5.73 Å². The van der Waals surface area contributed by atoms with Gasteiger partial charge in [-0.25, -0.2) is 0 Å². The molecule has 0 saturated heterocycles. The van der Waals surface area contributed by atoms with E-state index in [4.69, 9.17) is 10.5 Å². The molecule has 200 valence electrons. The smallest absolute Gasteiger partial charge is 0.318 e. The molecule has 0 fully saturated rings. The third kappa shape index (κ3) is 4.74. The van der Waals surface area contributed by atoms with Crippen molar-refractivity contribution in [2.75, 3.05) is 13.7 Å². The van der Waals surface area contributed by atoms with E-state index in [1.165, 1.54) is 0 Å². The fraction of sp³-hybridized carbons (Fsp3) is 0.375. The lowest BCUT2D eigenvalue weighted by molar-refractivity contribution is -0.142. The largest absolute Gasteiger partial charge is 0.480 e. The number of benzene rings is 3. The molecule has 38 heavy (non-hydrogen) atoms. The lowest BCUT2D eigenvalue weighted by atomic mass is 9.62. The van der Waals surface area contributed by atoms with E-state index in [1.54, 1.807) is 13.2 Å². The number of nitrogens with one attached hydrogen (secondary N) is 1. The number of carbonyl (C=O) groups is 2. The van der Waals surface area contributed by atoms with Crippen LogP contribution < -0.4 is 11.1 Å². The van der Waals surface area contributed by atoms with Crippen molar-refractivity contribution in [3.05, 3.63) is 107 Å². The Kier molecular flexibility index (Phi) is 8.34. The van der Waals surface area contributed by atoms with Gasteiger partial charge in [-0.05, 0) is 60.2 Å². The molecule has 1 aliphatic carbocycles. The van der Waals surface area contributed by atoms with E-state index in [1.807, 2.05) is 72.8 Å². The molecule has 3 aromatic carbocycles. The van der Waals surface area contributed by atoms with Gasteiger partial charge in [0.1, 0.15) is 5.41 Å². The second-order valence-electron chi connectivity index (χ2n) is 10.2. The number of methoxy groups -OCH3 is 1. The molecule has 0 heterocycles. The molecule has 2 atom stereocenters. The average molecular weight is 515 g/mol. The van der Waals surface area contributed by atoms with E-state index < -0.39 is 17.3 Å². The van der Waals surface area contributed by atoms with Crippen molar-refractivity contribution in [1.82, 2.24) is 5.32 Å². The summed E-state index contributed by atoms with van der Waals surface area (Å²) in [6.07, 6.45) is 2.62. The molecular weight excluding hydrogens is 476 g/mol. The maximum absolute atomic E-state index is 13.0. The molecule has 6 heteroatoms. The van der Waals surface area contributed by atoms with Crippen LogP contribution in [0.25, 0.3) is 0 Å². The molecule has 0 bridgehead atoms. The maximum atomic E-state index is 13.0. The lowest BCUT2D eigenvalue weighted by Gasteiger charge is -2.49. The number of nitrogens with two attached hydrogens (primary N) is 1. The molecule has 0 radical (unpaired) electrons. The Bertz CT molecular complexity index is 1220. The minimum Gasteiger partial charge on any atom is -0.480 e. The van der Waals surface area contributed by atoms with Crippen LogP contribution in [0.1, 0.15) is 65.7 Å². The number of hydrogen-bond acceptors (Lipinski definition) is 4.